The lowest BCUT2D eigenvalue weighted by molar-refractivity contribution is -0.156. The van der Waals surface area contributed by atoms with Gasteiger partial charge < -0.3 is 9.47 Å². The molecule has 0 unspecified atom stereocenters. The number of hydrogen-bond donors (Lipinski definition) is 1. The zero-order valence-corrected chi connectivity index (χ0v) is 12.5. The van der Waals surface area contributed by atoms with Gasteiger partial charge in [0.1, 0.15) is 12.7 Å². The van der Waals surface area contributed by atoms with Gasteiger partial charge in [-0.2, -0.15) is 4.39 Å². The van der Waals surface area contributed by atoms with Gasteiger partial charge in [0, 0.05) is 0 Å². The van der Waals surface area contributed by atoms with Crippen molar-refractivity contribution >= 4 is 5.97 Å². The minimum atomic E-state index is -1.08. The number of ether oxygens (including phenoxy) is 2. The number of carbonyl (C=O) groups is 1. The summed E-state index contributed by atoms with van der Waals surface area (Å²) in [5.74, 6) is -1.46. The molecule has 120 valence electrons. The van der Waals surface area contributed by atoms with Gasteiger partial charge in [0.25, 0.3) is 5.56 Å². The number of carbonyl (C=O) groups excluding carboxylic acids is 1. The quantitative estimate of drug-likeness (QED) is 0.656. The number of nitrogens with one attached hydrogen (secondary N) is 1. The SMILES string of the molecule is CC(C)(C)C(=O)OC[C@@H]1C=C[C@H](n2cc(F)c(=O)[nH]c2=O)O1. The summed E-state index contributed by atoms with van der Waals surface area (Å²) in [5.41, 5.74) is -2.49. The van der Waals surface area contributed by atoms with E-state index in [9.17, 15) is 18.8 Å². The molecule has 0 radical (unpaired) electrons. The van der Waals surface area contributed by atoms with Crippen LogP contribution >= 0.6 is 0 Å². The van der Waals surface area contributed by atoms with E-state index in [-0.39, 0.29) is 12.6 Å². The molecule has 2 atom stereocenters. The summed E-state index contributed by atoms with van der Waals surface area (Å²) in [5, 5.41) is 0. The maximum Gasteiger partial charge on any atom is 0.330 e. The normalized spacial score (nSPS) is 21.1. The van der Waals surface area contributed by atoms with E-state index in [0.717, 1.165) is 10.8 Å². The van der Waals surface area contributed by atoms with Crippen molar-refractivity contribution in [2.75, 3.05) is 6.61 Å². The van der Waals surface area contributed by atoms with Crippen LogP contribution in [0.5, 0.6) is 0 Å². The molecule has 2 rings (SSSR count). The largest absolute Gasteiger partial charge is 0.462 e. The smallest absolute Gasteiger partial charge is 0.330 e. The second-order valence-electron chi connectivity index (χ2n) is 5.94. The summed E-state index contributed by atoms with van der Waals surface area (Å²) in [7, 11) is 0. The molecule has 0 aliphatic carbocycles. The lowest BCUT2D eigenvalue weighted by Crippen LogP contribution is -2.34. The van der Waals surface area contributed by atoms with Crippen LogP contribution in [0.25, 0.3) is 0 Å². The first kappa shape index (κ1) is 16.2. The third-order valence-electron chi connectivity index (χ3n) is 2.99. The third-order valence-corrected chi connectivity index (χ3v) is 2.99. The van der Waals surface area contributed by atoms with Gasteiger partial charge in [-0.3, -0.25) is 19.1 Å². The summed E-state index contributed by atoms with van der Waals surface area (Å²) in [6.07, 6.45) is 2.50. The van der Waals surface area contributed by atoms with Crippen LogP contribution in [0.15, 0.2) is 27.9 Å². The molecule has 1 aromatic rings. The summed E-state index contributed by atoms with van der Waals surface area (Å²) < 4.78 is 24.7. The van der Waals surface area contributed by atoms with Crippen molar-refractivity contribution in [2.45, 2.75) is 33.1 Å². The number of hydrogen-bond acceptors (Lipinski definition) is 5. The van der Waals surface area contributed by atoms with Crippen LogP contribution in [0, 0.1) is 11.2 Å². The first-order valence-electron chi connectivity index (χ1n) is 6.70. The van der Waals surface area contributed by atoms with E-state index in [4.69, 9.17) is 9.47 Å². The standard InChI is InChI=1S/C14H17FN2O5/c1-14(2,3)12(19)21-7-8-4-5-10(22-8)17-6-9(15)11(18)16-13(17)20/h4-6,8,10H,7H2,1-3H3,(H,16,18,20)/t8-,10+/m0/s1. The Morgan fingerprint density at radius 2 is 2.09 bits per heavy atom. The number of nitrogens with zero attached hydrogens (tertiary/aromatic N) is 1. The first-order chi connectivity index (χ1) is 10.2. The summed E-state index contributed by atoms with van der Waals surface area (Å²) in [6.45, 7) is 5.17. The maximum atomic E-state index is 13.2. The minimum Gasteiger partial charge on any atom is -0.462 e. The van der Waals surface area contributed by atoms with E-state index in [1.807, 2.05) is 4.98 Å². The first-order valence-corrected chi connectivity index (χ1v) is 6.70. The average Bonchev–Trinajstić information content (AvgIpc) is 2.87. The minimum absolute atomic E-state index is 0.0102. The van der Waals surface area contributed by atoms with Gasteiger partial charge >= 0.3 is 11.7 Å². The highest BCUT2D eigenvalue weighted by Crippen LogP contribution is 2.21. The molecule has 1 aromatic heterocycles. The van der Waals surface area contributed by atoms with Crippen LogP contribution in [0.2, 0.25) is 0 Å². The van der Waals surface area contributed by atoms with Crippen LogP contribution in [0.3, 0.4) is 0 Å². The molecule has 2 heterocycles. The Kier molecular flexibility index (Phi) is 4.32. The van der Waals surface area contributed by atoms with Crippen molar-refractivity contribution in [1.82, 2.24) is 9.55 Å². The predicted octanol–water partition coefficient (Wildman–Crippen LogP) is 0.719. The van der Waals surface area contributed by atoms with Crippen LogP contribution in [0.4, 0.5) is 4.39 Å². The number of aromatic nitrogens is 2. The summed E-state index contributed by atoms with van der Waals surface area (Å²) in [6, 6.07) is 0. The predicted molar refractivity (Wildman–Crippen MR) is 74.7 cm³/mol. The fourth-order valence-electron chi connectivity index (χ4n) is 1.77. The van der Waals surface area contributed by atoms with E-state index >= 15 is 0 Å². The van der Waals surface area contributed by atoms with Gasteiger partial charge in [0.15, 0.2) is 6.23 Å². The molecule has 0 amide bonds. The number of H-pyrrole nitrogens is 1. The van der Waals surface area contributed by atoms with Gasteiger partial charge in [0.2, 0.25) is 5.82 Å². The van der Waals surface area contributed by atoms with E-state index in [1.165, 1.54) is 6.08 Å². The monoisotopic (exact) mass is 312 g/mol. The fraction of sp³-hybridized carbons (Fsp3) is 0.500. The molecule has 0 aromatic carbocycles. The molecule has 0 saturated heterocycles. The van der Waals surface area contributed by atoms with Crippen LogP contribution in [0.1, 0.15) is 27.0 Å². The molecule has 22 heavy (non-hydrogen) atoms. The topological polar surface area (TPSA) is 90.4 Å². The lowest BCUT2D eigenvalue weighted by Gasteiger charge is -2.19. The molecule has 0 fully saturated rings. The van der Waals surface area contributed by atoms with Crippen molar-refractivity contribution in [1.29, 1.82) is 0 Å². The van der Waals surface area contributed by atoms with Gasteiger partial charge in [-0.25, -0.2) is 4.79 Å². The van der Waals surface area contributed by atoms with E-state index < -0.39 is 34.8 Å². The molecule has 8 heteroatoms. The van der Waals surface area contributed by atoms with Gasteiger partial charge in [-0.1, -0.05) is 6.08 Å². The molecule has 1 N–H and O–H groups in total. The van der Waals surface area contributed by atoms with Crippen molar-refractivity contribution in [3.63, 3.8) is 0 Å². The van der Waals surface area contributed by atoms with E-state index in [2.05, 4.69) is 0 Å². The van der Waals surface area contributed by atoms with Gasteiger partial charge in [-0.15, -0.1) is 0 Å². The highest BCUT2D eigenvalue weighted by molar-refractivity contribution is 5.75. The highest BCUT2D eigenvalue weighted by Gasteiger charge is 2.27. The van der Waals surface area contributed by atoms with Crippen LogP contribution in [-0.4, -0.2) is 28.2 Å². The van der Waals surface area contributed by atoms with Gasteiger partial charge in [-0.05, 0) is 26.8 Å². The molecular weight excluding hydrogens is 295 g/mol. The van der Waals surface area contributed by atoms with Crippen molar-refractivity contribution in [3.05, 3.63) is 45.0 Å². The number of aromatic amines is 1. The van der Waals surface area contributed by atoms with Crippen molar-refractivity contribution in [2.24, 2.45) is 5.41 Å². The average molecular weight is 312 g/mol. The Morgan fingerprint density at radius 1 is 1.41 bits per heavy atom. The molecule has 1 aliphatic rings. The van der Waals surface area contributed by atoms with Crippen LogP contribution in [-0.2, 0) is 14.3 Å². The second kappa shape index (κ2) is 5.88. The number of halogens is 1. The Hall–Kier alpha value is -2.22. The zero-order chi connectivity index (χ0) is 16.5. The maximum absolute atomic E-state index is 13.2. The molecule has 0 saturated carbocycles. The van der Waals surface area contributed by atoms with Crippen LogP contribution < -0.4 is 11.2 Å². The van der Waals surface area contributed by atoms with E-state index in [1.54, 1.807) is 26.8 Å². The fourth-order valence-corrected chi connectivity index (χ4v) is 1.77. The third kappa shape index (κ3) is 3.51. The number of esters is 1. The second-order valence-corrected chi connectivity index (χ2v) is 5.94. The van der Waals surface area contributed by atoms with Crippen molar-refractivity contribution in [3.8, 4) is 0 Å². The Bertz CT molecular complexity index is 713. The van der Waals surface area contributed by atoms with Crippen molar-refractivity contribution < 1.29 is 18.7 Å². The summed E-state index contributed by atoms with van der Waals surface area (Å²) in [4.78, 5) is 36.1. The molecule has 0 spiro atoms. The zero-order valence-electron chi connectivity index (χ0n) is 12.5. The van der Waals surface area contributed by atoms with Gasteiger partial charge in [0.05, 0.1) is 11.6 Å². The highest BCUT2D eigenvalue weighted by atomic mass is 19.1. The van der Waals surface area contributed by atoms with E-state index in [0.29, 0.717) is 0 Å². The molecule has 1 aliphatic heterocycles. The number of rotatable bonds is 3. The Labute approximate surface area is 125 Å². The summed E-state index contributed by atoms with van der Waals surface area (Å²) >= 11 is 0. The molecule has 7 nitrogen and oxygen atoms in total. The molecule has 0 bridgehead atoms. The molecular formula is C14H17FN2O5. The Balaban J connectivity index is 2.01. The Morgan fingerprint density at radius 3 is 2.73 bits per heavy atom. The lowest BCUT2D eigenvalue weighted by atomic mass is 9.97.